The summed E-state index contributed by atoms with van der Waals surface area (Å²) in [6.45, 7) is -3.24. The molecule has 0 nitrogen and oxygen atoms in total. The summed E-state index contributed by atoms with van der Waals surface area (Å²) in [7, 11) is 0. The summed E-state index contributed by atoms with van der Waals surface area (Å²) in [6.07, 6.45) is -17.7. The van der Waals surface area contributed by atoms with E-state index in [0.717, 1.165) is 0 Å². The molecule has 0 N–H and O–H groups in total. The van der Waals surface area contributed by atoms with E-state index in [1.165, 1.54) is 0 Å². The minimum absolute atomic E-state index is 3.24. The van der Waals surface area contributed by atoms with Gasteiger partial charge in [0.15, 0.2) is 0 Å². The van der Waals surface area contributed by atoms with Crippen LogP contribution in [0.5, 0.6) is 0 Å². The van der Waals surface area contributed by atoms with Gasteiger partial charge in [-0.1, -0.05) is 0 Å². The summed E-state index contributed by atoms with van der Waals surface area (Å²) in [5, 5.41) is 0. The first-order valence-corrected chi connectivity index (χ1v) is 2.98. The third-order valence-electron chi connectivity index (χ3n) is 1.59. The van der Waals surface area contributed by atoms with Crippen molar-refractivity contribution in [2.45, 2.75) is 18.8 Å². The third kappa shape index (κ3) is 1.76. The third-order valence-corrected chi connectivity index (χ3v) is 1.59. The quantitative estimate of drug-likeness (QED) is 0.643. The zero-order valence-electron chi connectivity index (χ0n) is 6.19. The zero-order chi connectivity index (χ0) is 11.8. The van der Waals surface area contributed by atoms with Gasteiger partial charge >= 0.3 is 12.4 Å². The molecule has 86 valence electrons. The van der Waals surface area contributed by atoms with Crippen molar-refractivity contribution in [3.63, 3.8) is 0 Å². The normalized spacial score (nSPS) is 15.0. The minimum atomic E-state index is -6.38. The van der Waals surface area contributed by atoms with Crippen molar-refractivity contribution in [2.24, 2.45) is 5.41 Å². The molecule has 0 aliphatic rings. The monoisotopic (exact) mass is 234 g/mol. The zero-order valence-corrected chi connectivity index (χ0v) is 6.19. The smallest absolute Gasteiger partial charge is 0.250 e. The number of alkyl halides is 9. The van der Waals surface area contributed by atoms with E-state index in [2.05, 4.69) is 0 Å². The fraction of sp³-hybridized carbons (Fsp3) is 1.00. The molecular formula is C5H3F9. The Balaban J connectivity index is 5.45. The Morgan fingerprint density at radius 1 is 0.786 bits per heavy atom. The Kier molecular flexibility index (Phi) is 3.34. The summed E-state index contributed by atoms with van der Waals surface area (Å²) in [4.78, 5) is 0. The fourth-order valence-corrected chi connectivity index (χ4v) is 0.618. The molecule has 0 aromatic heterocycles. The van der Waals surface area contributed by atoms with Crippen LogP contribution in [-0.2, 0) is 0 Å². The van der Waals surface area contributed by atoms with Crippen LogP contribution in [0.4, 0.5) is 39.5 Å². The molecule has 0 rings (SSSR count). The van der Waals surface area contributed by atoms with Crippen LogP contribution in [-0.4, -0.2) is 25.5 Å². The Hall–Kier alpha value is -0.630. The van der Waals surface area contributed by atoms with Gasteiger partial charge in [0.05, 0.1) is 0 Å². The summed E-state index contributed by atoms with van der Waals surface area (Å²) < 4.78 is 105. The first-order chi connectivity index (χ1) is 6.00. The van der Waals surface area contributed by atoms with Crippen molar-refractivity contribution in [1.29, 1.82) is 0 Å². The van der Waals surface area contributed by atoms with E-state index in [1.54, 1.807) is 0 Å². The van der Waals surface area contributed by atoms with Crippen molar-refractivity contribution in [3.05, 3.63) is 0 Å². The molecule has 0 spiro atoms. The summed E-state index contributed by atoms with van der Waals surface area (Å²) in [5.41, 5.74) is -5.58. The number of halogens is 9. The van der Waals surface area contributed by atoms with E-state index in [9.17, 15) is 39.5 Å². The molecule has 14 heavy (non-hydrogen) atoms. The maximum atomic E-state index is 11.7. The molecule has 0 bridgehead atoms. The van der Waals surface area contributed by atoms with Crippen LogP contribution in [0.3, 0.4) is 0 Å². The molecule has 0 saturated heterocycles. The van der Waals surface area contributed by atoms with Gasteiger partial charge in [0, 0.05) is 0 Å². The molecule has 0 atom stereocenters. The Labute approximate surface area is 71.7 Å². The maximum absolute atomic E-state index is 11.7. The second kappa shape index (κ2) is 3.50. The van der Waals surface area contributed by atoms with Crippen LogP contribution in [0, 0.1) is 5.41 Å². The molecular weight excluding hydrogens is 231 g/mol. The average Bonchev–Trinajstić information content (AvgIpc) is 1.80. The van der Waals surface area contributed by atoms with E-state index in [-0.39, 0.29) is 0 Å². The highest BCUT2D eigenvalue weighted by Crippen LogP contribution is 2.54. The summed E-state index contributed by atoms with van der Waals surface area (Å²) in [5.74, 6) is 0. The average molecular weight is 234 g/mol. The first kappa shape index (κ1) is 13.4. The maximum Gasteiger partial charge on any atom is 0.411 e. The van der Waals surface area contributed by atoms with E-state index in [1.807, 2.05) is 0 Å². The van der Waals surface area contributed by atoms with Gasteiger partial charge in [-0.3, -0.25) is 0 Å². The van der Waals surface area contributed by atoms with Crippen molar-refractivity contribution in [3.8, 4) is 0 Å². The van der Waals surface area contributed by atoms with Crippen molar-refractivity contribution in [2.75, 3.05) is 6.67 Å². The SMILES string of the molecule is FCC(C(F)F)(C(F)(F)F)C(F)(F)F. The van der Waals surface area contributed by atoms with E-state index >= 15 is 0 Å². The van der Waals surface area contributed by atoms with Crippen molar-refractivity contribution in [1.82, 2.24) is 0 Å². The summed E-state index contributed by atoms with van der Waals surface area (Å²) in [6, 6.07) is 0. The Morgan fingerprint density at radius 3 is 1.07 bits per heavy atom. The lowest BCUT2D eigenvalue weighted by atomic mass is 9.88. The van der Waals surface area contributed by atoms with Gasteiger partial charge < -0.3 is 0 Å². The van der Waals surface area contributed by atoms with E-state index in [4.69, 9.17) is 0 Å². The molecule has 0 aliphatic heterocycles. The molecule has 0 aromatic rings. The number of rotatable bonds is 2. The lowest BCUT2D eigenvalue weighted by Crippen LogP contribution is -2.56. The fourth-order valence-electron chi connectivity index (χ4n) is 0.618. The van der Waals surface area contributed by atoms with E-state index in [0.29, 0.717) is 0 Å². The van der Waals surface area contributed by atoms with Gasteiger partial charge in [-0.25, -0.2) is 13.2 Å². The van der Waals surface area contributed by atoms with Gasteiger partial charge in [-0.2, -0.15) is 26.3 Å². The van der Waals surface area contributed by atoms with Crippen LogP contribution >= 0.6 is 0 Å². The van der Waals surface area contributed by atoms with Gasteiger partial charge in [0.25, 0.3) is 6.43 Å². The first-order valence-electron chi connectivity index (χ1n) is 2.98. The molecule has 0 amide bonds. The second-order valence-electron chi connectivity index (χ2n) is 2.40. The van der Waals surface area contributed by atoms with Crippen LogP contribution in [0.2, 0.25) is 0 Å². The van der Waals surface area contributed by atoms with Gasteiger partial charge in [-0.15, -0.1) is 0 Å². The van der Waals surface area contributed by atoms with E-state index < -0.39 is 30.9 Å². The molecule has 0 aromatic carbocycles. The lowest BCUT2D eigenvalue weighted by molar-refractivity contribution is -0.375. The van der Waals surface area contributed by atoms with Crippen molar-refractivity contribution >= 4 is 0 Å². The minimum Gasteiger partial charge on any atom is -0.250 e. The molecule has 0 fully saturated rings. The molecule has 0 radical (unpaired) electrons. The molecule has 0 heterocycles. The highest BCUT2D eigenvalue weighted by Gasteiger charge is 2.76. The van der Waals surface area contributed by atoms with Crippen LogP contribution < -0.4 is 0 Å². The predicted octanol–water partition coefficient (Wildman–Crippen LogP) is 3.33. The predicted molar refractivity (Wildman–Crippen MR) is 26.5 cm³/mol. The van der Waals surface area contributed by atoms with Crippen LogP contribution in [0.25, 0.3) is 0 Å². The topological polar surface area (TPSA) is 0 Å². The lowest BCUT2D eigenvalue weighted by Gasteiger charge is -2.33. The number of hydrogen-bond acceptors (Lipinski definition) is 0. The number of hydrogen-bond donors (Lipinski definition) is 0. The van der Waals surface area contributed by atoms with Gasteiger partial charge in [0.1, 0.15) is 6.67 Å². The highest BCUT2D eigenvalue weighted by molar-refractivity contribution is 4.95. The highest BCUT2D eigenvalue weighted by atomic mass is 19.4. The largest absolute Gasteiger partial charge is 0.411 e. The van der Waals surface area contributed by atoms with Gasteiger partial charge in [-0.05, 0) is 0 Å². The van der Waals surface area contributed by atoms with Crippen molar-refractivity contribution < 1.29 is 39.5 Å². The van der Waals surface area contributed by atoms with Gasteiger partial charge in [0.2, 0.25) is 5.41 Å². The molecule has 0 unspecified atom stereocenters. The van der Waals surface area contributed by atoms with Crippen LogP contribution in [0.1, 0.15) is 0 Å². The Morgan fingerprint density at radius 2 is 1.07 bits per heavy atom. The standard InChI is InChI=1S/C5H3F9/c6-1-3(2(7)8,4(9,10)11)5(12,13)14/h2H,1H2. The second-order valence-corrected chi connectivity index (χ2v) is 2.40. The van der Waals surface area contributed by atoms with Crippen LogP contribution in [0.15, 0.2) is 0 Å². The summed E-state index contributed by atoms with van der Waals surface area (Å²) >= 11 is 0. The molecule has 0 saturated carbocycles. The molecule has 9 heteroatoms. The Bertz CT molecular complexity index is 172. The molecule has 0 aliphatic carbocycles.